The second-order valence-electron chi connectivity index (χ2n) is 6.68. The molecule has 0 aromatic carbocycles. The van der Waals surface area contributed by atoms with Gasteiger partial charge < -0.3 is 16.0 Å². The summed E-state index contributed by atoms with van der Waals surface area (Å²) in [5.74, 6) is -0.209. The maximum atomic E-state index is 13.7. The van der Waals surface area contributed by atoms with E-state index >= 15 is 0 Å². The Bertz CT molecular complexity index is 1020. The summed E-state index contributed by atoms with van der Waals surface area (Å²) in [7, 11) is 0. The van der Waals surface area contributed by atoms with Crippen molar-refractivity contribution in [3.05, 3.63) is 48.0 Å². The van der Waals surface area contributed by atoms with Gasteiger partial charge >= 0.3 is 6.18 Å². The fourth-order valence-electron chi connectivity index (χ4n) is 3.34. The van der Waals surface area contributed by atoms with E-state index in [-0.39, 0.29) is 17.9 Å². The van der Waals surface area contributed by atoms with Gasteiger partial charge in [-0.15, -0.1) is 10.2 Å². The molecule has 1 aromatic heterocycles. The largest absolute Gasteiger partial charge is 0.418 e. The van der Waals surface area contributed by atoms with E-state index in [9.17, 15) is 18.0 Å². The van der Waals surface area contributed by atoms with Crippen LogP contribution in [-0.4, -0.2) is 46.8 Å². The number of carbonyl (C=O) groups excluding carboxylic acids is 1. The summed E-state index contributed by atoms with van der Waals surface area (Å²) in [6.07, 6.45) is -4.61. The minimum absolute atomic E-state index is 0.0620. The number of halogens is 3. The van der Waals surface area contributed by atoms with Gasteiger partial charge in [0.15, 0.2) is 0 Å². The number of rotatable bonds is 3. The molecule has 3 aliphatic rings. The lowest BCUT2D eigenvalue weighted by atomic mass is 10.0. The predicted octanol–water partition coefficient (Wildman–Crippen LogP) is 1.93. The van der Waals surface area contributed by atoms with E-state index in [4.69, 9.17) is 5.73 Å². The van der Waals surface area contributed by atoms with Crippen molar-refractivity contribution in [3.63, 3.8) is 0 Å². The van der Waals surface area contributed by atoms with Crippen molar-refractivity contribution in [2.24, 2.45) is 5.73 Å². The number of fused-ring (bicyclic) bond motifs is 1. The summed E-state index contributed by atoms with van der Waals surface area (Å²) in [5.41, 5.74) is 5.18. The summed E-state index contributed by atoms with van der Waals surface area (Å²) in [6.45, 7) is 1.15. The molecule has 3 heterocycles. The number of primary amides is 1. The standard InChI is InChI=1S/C19H17F3N6O/c20-19(21,22)12-6-7-15(28-9-8-24-14(10-28)18(23)29)25-17(12)16-11-4-2-1-3-5-13(11)26-27-16/h1-7,14,24H,8-10H2,(H2,23,29). The molecule has 0 bridgehead atoms. The van der Waals surface area contributed by atoms with Gasteiger partial charge in [-0.25, -0.2) is 4.98 Å². The minimum atomic E-state index is -4.61. The molecule has 3 N–H and O–H groups in total. The summed E-state index contributed by atoms with van der Waals surface area (Å²) in [5, 5.41) is 11.0. The molecule has 1 fully saturated rings. The number of aromatic nitrogens is 3. The van der Waals surface area contributed by atoms with E-state index in [0.29, 0.717) is 30.2 Å². The second-order valence-corrected chi connectivity index (χ2v) is 6.68. The number of anilines is 1. The highest BCUT2D eigenvalue weighted by Crippen LogP contribution is 2.40. The van der Waals surface area contributed by atoms with Gasteiger partial charge in [0, 0.05) is 25.2 Å². The van der Waals surface area contributed by atoms with Crippen molar-refractivity contribution in [1.82, 2.24) is 20.5 Å². The first kappa shape index (κ1) is 19.1. The average molecular weight is 402 g/mol. The van der Waals surface area contributed by atoms with Gasteiger partial charge in [0.05, 0.1) is 11.3 Å². The molecule has 1 amide bonds. The molecular weight excluding hydrogens is 385 g/mol. The number of nitrogens with one attached hydrogen (secondary N) is 1. The smallest absolute Gasteiger partial charge is 0.368 e. The maximum Gasteiger partial charge on any atom is 0.418 e. The maximum absolute atomic E-state index is 13.7. The van der Waals surface area contributed by atoms with Gasteiger partial charge in [-0.3, -0.25) is 4.79 Å². The Morgan fingerprint density at radius 1 is 1.10 bits per heavy atom. The van der Waals surface area contributed by atoms with Crippen LogP contribution in [0.5, 0.6) is 0 Å². The molecule has 1 aliphatic carbocycles. The highest BCUT2D eigenvalue weighted by molar-refractivity contribution is 5.82. The first-order valence-corrected chi connectivity index (χ1v) is 8.92. The van der Waals surface area contributed by atoms with E-state index in [1.54, 1.807) is 35.2 Å². The third kappa shape index (κ3) is 3.70. The molecule has 0 radical (unpaired) electrons. The molecule has 0 spiro atoms. The van der Waals surface area contributed by atoms with E-state index in [1.165, 1.54) is 6.07 Å². The fourth-order valence-corrected chi connectivity index (χ4v) is 3.34. The fraction of sp³-hybridized carbons (Fsp3) is 0.263. The summed E-state index contributed by atoms with van der Waals surface area (Å²) in [6, 6.07) is 10.2. The zero-order chi connectivity index (χ0) is 20.6. The molecule has 150 valence electrons. The molecule has 10 heteroatoms. The van der Waals surface area contributed by atoms with E-state index in [2.05, 4.69) is 20.5 Å². The number of nitrogens with zero attached hydrogens (tertiary/aromatic N) is 4. The number of alkyl halides is 3. The Morgan fingerprint density at radius 2 is 1.90 bits per heavy atom. The van der Waals surface area contributed by atoms with Crippen LogP contribution in [0.15, 0.2) is 42.5 Å². The third-order valence-corrected chi connectivity index (χ3v) is 4.78. The van der Waals surface area contributed by atoms with Gasteiger partial charge in [0.2, 0.25) is 5.91 Å². The van der Waals surface area contributed by atoms with Gasteiger partial charge in [-0.1, -0.05) is 24.3 Å². The van der Waals surface area contributed by atoms with E-state index in [0.717, 1.165) is 6.07 Å². The quantitative estimate of drug-likeness (QED) is 0.695. The van der Waals surface area contributed by atoms with Crippen molar-refractivity contribution < 1.29 is 18.0 Å². The van der Waals surface area contributed by atoms with Crippen LogP contribution in [0.1, 0.15) is 5.56 Å². The third-order valence-electron chi connectivity index (χ3n) is 4.78. The summed E-state index contributed by atoms with van der Waals surface area (Å²) >= 11 is 0. The highest BCUT2D eigenvalue weighted by Gasteiger charge is 2.37. The summed E-state index contributed by atoms with van der Waals surface area (Å²) in [4.78, 5) is 17.5. The molecule has 2 aliphatic heterocycles. The van der Waals surface area contributed by atoms with E-state index < -0.39 is 23.7 Å². The number of hydrogen-bond acceptors (Lipinski definition) is 6. The van der Waals surface area contributed by atoms with Crippen LogP contribution >= 0.6 is 0 Å². The average Bonchev–Trinajstić information content (AvgIpc) is 2.95. The van der Waals surface area contributed by atoms with Crippen molar-refractivity contribution in [2.75, 3.05) is 24.5 Å². The Morgan fingerprint density at radius 3 is 2.66 bits per heavy atom. The molecule has 1 aromatic rings. The van der Waals surface area contributed by atoms with Crippen LogP contribution in [0, 0.1) is 0 Å². The van der Waals surface area contributed by atoms with Crippen LogP contribution in [0.25, 0.3) is 22.6 Å². The molecular formula is C19H17F3N6O. The Hall–Kier alpha value is -3.27. The van der Waals surface area contributed by atoms with Crippen molar-refractivity contribution in [1.29, 1.82) is 0 Å². The molecule has 1 unspecified atom stereocenters. The van der Waals surface area contributed by atoms with Crippen LogP contribution in [0.3, 0.4) is 0 Å². The number of nitrogens with two attached hydrogens (primary N) is 1. The Kier molecular flexibility index (Phi) is 4.79. The normalized spacial score (nSPS) is 17.5. The second kappa shape index (κ2) is 7.28. The van der Waals surface area contributed by atoms with Crippen LogP contribution in [0.2, 0.25) is 0 Å². The molecule has 0 saturated carbocycles. The highest BCUT2D eigenvalue weighted by atomic mass is 19.4. The molecule has 1 saturated heterocycles. The van der Waals surface area contributed by atoms with Gasteiger partial charge in [0.1, 0.15) is 23.2 Å². The van der Waals surface area contributed by atoms with Crippen molar-refractivity contribution in [2.45, 2.75) is 12.2 Å². The Labute approximate surface area is 164 Å². The molecule has 7 nitrogen and oxygen atoms in total. The zero-order valence-corrected chi connectivity index (χ0v) is 15.1. The first-order chi connectivity index (χ1) is 13.8. The van der Waals surface area contributed by atoms with Crippen LogP contribution < -0.4 is 16.0 Å². The number of hydrogen-bond donors (Lipinski definition) is 2. The topological polar surface area (TPSA) is 97.0 Å². The summed E-state index contributed by atoms with van der Waals surface area (Å²) < 4.78 is 41.0. The number of amides is 1. The van der Waals surface area contributed by atoms with Gasteiger partial charge in [-0.2, -0.15) is 13.2 Å². The first-order valence-electron chi connectivity index (χ1n) is 8.92. The van der Waals surface area contributed by atoms with Crippen molar-refractivity contribution in [3.8, 4) is 22.6 Å². The molecule has 4 rings (SSSR count). The number of carbonyl (C=O) groups is 1. The predicted molar refractivity (Wildman–Crippen MR) is 100 cm³/mol. The molecule has 1 atom stereocenters. The van der Waals surface area contributed by atoms with Gasteiger partial charge in [-0.05, 0) is 18.2 Å². The van der Waals surface area contributed by atoms with Crippen molar-refractivity contribution >= 4 is 11.7 Å². The number of piperazine rings is 1. The zero-order valence-electron chi connectivity index (χ0n) is 15.1. The lowest BCUT2D eigenvalue weighted by Crippen LogP contribution is -2.56. The monoisotopic (exact) mass is 402 g/mol. The molecule has 29 heavy (non-hydrogen) atoms. The SMILES string of the molecule is NC(=O)C1CN(c2ccc(C(F)(F)F)c(-c3nnc4cccccc3-4)n2)CCN1. The number of pyridine rings is 1. The van der Waals surface area contributed by atoms with Gasteiger partial charge in [0.25, 0.3) is 0 Å². The Balaban J connectivity index is 1.81. The van der Waals surface area contributed by atoms with Crippen LogP contribution in [0.4, 0.5) is 19.0 Å². The van der Waals surface area contributed by atoms with E-state index in [1.807, 2.05) is 0 Å². The van der Waals surface area contributed by atoms with Crippen LogP contribution in [-0.2, 0) is 11.0 Å². The minimum Gasteiger partial charge on any atom is -0.368 e. The lowest BCUT2D eigenvalue weighted by Gasteiger charge is -2.33. The lowest BCUT2D eigenvalue weighted by molar-refractivity contribution is -0.137.